The number of phenols is 1. The van der Waals surface area contributed by atoms with Gasteiger partial charge in [0.2, 0.25) is 0 Å². The van der Waals surface area contributed by atoms with E-state index < -0.39 is 35.0 Å². The Morgan fingerprint density at radius 3 is 2.00 bits per heavy atom. The summed E-state index contributed by atoms with van der Waals surface area (Å²) in [4.78, 5) is 10.9. The first-order chi connectivity index (χ1) is 13.8. The van der Waals surface area contributed by atoms with Gasteiger partial charge < -0.3 is 9.84 Å². The number of aryl methyl sites for hydroxylation is 1. The molecule has 2 aromatic rings. The molecule has 7 heteroatoms. The van der Waals surface area contributed by atoms with Crippen molar-refractivity contribution in [2.24, 2.45) is 0 Å². The van der Waals surface area contributed by atoms with Crippen LogP contribution in [0.2, 0.25) is 0 Å². The Balaban J connectivity index is 1.90. The fourth-order valence-corrected chi connectivity index (χ4v) is 2.95. The van der Waals surface area contributed by atoms with Gasteiger partial charge in [0.15, 0.2) is 0 Å². The maximum atomic E-state index is 14.3. The smallest absolute Gasteiger partial charge is 0.330 e. The van der Waals surface area contributed by atoms with Gasteiger partial charge in [-0.1, -0.05) is 6.58 Å². The SMILES string of the molecule is C=CC(=O)OCCCCCc1c(F)cc(CCc2c(F)cc(O)cc2F)cc1F. The number of ether oxygens (including phenoxy) is 1. The molecule has 0 unspecified atom stereocenters. The average Bonchev–Trinajstić information content (AvgIpc) is 2.65. The van der Waals surface area contributed by atoms with E-state index in [0.29, 0.717) is 19.3 Å². The summed E-state index contributed by atoms with van der Waals surface area (Å²) in [6.07, 6.45) is 2.92. The molecule has 0 aliphatic heterocycles. The highest BCUT2D eigenvalue weighted by Crippen LogP contribution is 2.23. The molecule has 0 saturated heterocycles. The van der Waals surface area contributed by atoms with Gasteiger partial charge in [0, 0.05) is 29.3 Å². The molecule has 2 aromatic carbocycles. The lowest BCUT2D eigenvalue weighted by Crippen LogP contribution is -2.03. The first-order valence-corrected chi connectivity index (χ1v) is 9.24. The summed E-state index contributed by atoms with van der Waals surface area (Å²) in [5, 5.41) is 9.16. The zero-order chi connectivity index (χ0) is 21.4. The second-order valence-corrected chi connectivity index (χ2v) is 6.61. The highest BCUT2D eigenvalue weighted by atomic mass is 19.1. The van der Waals surface area contributed by atoms with E-state index in [9.17, 15) is 22.4 Å². The molecule has 0 saturated carbocycles. The van der Waals surface area contributed by atoms with Crippen LogP contribution >= 0.6 is 0 Å². The minimum Gasteiger partial charge on any atom is -0.508 e. The zero-order valence-electron chi connectivity index (χ0n) is 15.8. The molecule has 156 valence electrons. The van der Waals surface area contributed by atoms with Gasteiger partial charge in [-0.25, -0.2) is 22.4 Å². The van der Waals surface area contributed by atoms with Crippen molar-refractivity contribution in [2.75, 3.05) is 6.61 Å². The second-order valence-electron chi connectivity index (χ2n) is 6.61. The van der Waals surface area contributed by atoms with Gasteiger partial charge in [-0.05, 0) is 56.2 Å². The third kappa shape index (κ3) is 6.62. The third-order valence-corrected chi connectivity index (χ3v) is 4.47. The van der Waals surface area contributed by atoms with Gasteiger partial charge in [0.1, 0.15) is 29.0 Å². The van der Waals surface area contributed by atoms with E-state index in [1.54, 1.807) is 0 Å². The molecule has 0 atom stereocenters. The summed E-state index contributed by atoms with van der Waals surface area (Å²) in [5.41, 5.74) is -0.00404. The molecular formula is C22H22F4O3. The molecule has 0 bridgehead atoms. The summed E-state index contributed by atoms with van der Waals surface area (Å²) in [6, 6.07) is 3.92. The van der Waals surface area contributed by atoms with Crippen LogP contribution in [-0.4, -0.2) is 17.7 Å². The van der Waals surface area contributed by atoms with Crippen LogP contribution in [0.25, 0.3) is 0 Å². The number of rotatable bonds is 10. The highest BCUT2D eigenvalue weighted by molar-refractivity contribution is 5.81. The van der Waals surface area contributed by atoms with Gasteiger partial charge in [0.25, 0.3) is 0 Å². The van der Waals surface area contributed by atoms with Crippen molar-refractivity contribution >= 4 is 5.97 Å². The van der Waals surface area contributed by atoms with Crippen LogP contribution in [0.4, 0.5) is 17.6 Å². The monoisotopic (exact) mass is 410 g/mol. The lowest BCUT2D eigenvalue weighted by atomic mass is 9.99. The lowest BCUT2D eigenvalue weighted by molar-refractivity contribution is -0.137. The van der Waals surface area contributed by atoms with E-state index in [1.807, 2.05) is 0 Å². The van der Waals surface area contributed by atoms with E-state index in [0.717, 1.165) is 18.2 Å². The fourth-order valence-electron chi connectivity index (χ4n) is 2.95. The number of phenolic OH excluding ortho intramolecular Hbond substituents is 1. The van der Waals surface area contributed by atoms with Crippen LogP contribution in [0, 0.1) is 23.3 Å². The fraction of sp³-hybridized carbons (Fsp3) is 0.318. The number of aromatic hydroxyl groups is 1. The summed E-state index contributed by atoms with van der Waals surface area (Å²) in [7, 11) is 0. The number of unbranched alkanes of at least 4 members (excludes halogenated alkanes) is 2. The van der Waals surface area contributed by atoms with Crippen molar-refractivity contribution in [3.05, 3.63) is 76.9 Å². The Hall–Kier alpha value is -2.83. The van der Waals surface area contributed by atoms with Crippen LogP contribution in [0.15, 0.2) is 36.9 Å². The van der Waals surface area contributed by atoms with Crippen LogP contribution in [0.1, 0.15) is 36.0 Å². The van der Waals surface area contributed by atoms with Gasteiger partial charge in [-0.2, -0.15) is 0 Å². The summed E-state index contributed by atoms with van der Waals surface area (Å²) in [5.74, 6) is -4.25. The predicted molar refractivity (Wildman–Crippen MR) is 100 cm³/mol. The molecule has 0 heterocycles. The standard InChI is InChI=1S/C22H22F4O3/c1-2-22(28)29-9-5-3-4-6-16-18(23)10-14(11-19(16)24)7-8-17-20(25)12-15(27)13-21(17)26/h2,10-13,27H,1,3-9H2. The molecule has 1 N–H and O–H groups in total. The van der Waals surface area contributed by atoms with Crippen molar-refractivity contribution in [1.29, 1.82) is 0 Å². The number of esters is 1. The molecule has 0 spiro atoms. The van der Waals surface area contributed by atoms with Gasteiger partial charge in [-0.3, -0.25) is 0 Å². The molecule has 0 aromatic heterocycles. The third-order valence-electron chi connectivity index (χ3n) is 4.47. The first-order valence-electron chi connectivity index (χ1n) is 9.24. The molecule has 0 amide bonds. The lowest BCUT2D eigenvalue weighted by Gasteiger charge is -2.10. The Morgan fingerprint density at radius 1 is 0.862 bits per heavy atom. The van der Waals surface area contributed by atoms with Gasteiger partial charge >= 0.3 is 5.97 Å². The molecule has 3 nitrogen and oxygen atoms in total. The average molecular weight is 410 g/mol. The molecule has 0 aliphatic carbocycles. The van der Waals surface area contributed by atoms with Crippen LogP contribution in [0.3, 0.4) is 0 Å². The van der Waals surface area contributed by atoms with Crippen LogP contribution in [-0.2, 0) is 28.8 Å². The molecule has 0 radical (unpaired) electrons. The largest absolute Gasteiger partial charge is 0.508 e. The number of carbonyl (C=O) groups excluding carboxylic acids is 1. The minimum atomic E-state index is -0.904. The Labute approximate surface area is 166 Å². The van der Waals surface area contributed by atoms with E-state index in [4.69, 9.17) is 9.84 Å². The molecule has 2 rings (SSSR count). The number of hydrogen-bond acceptors (Lipinski definition) is 3. The summed E-state index contributed by atoms with van der Waals surface area (Å²) >= 11 is 0. The number of carbonyl (C=O) groups is 1. The first kappa shape index (κ1) is 22.5. The second kappa shape index (κ2) is 10.6. The van der Waals surface area contributed by atoms with Crippen LogP contribution < -0.4 is 0 Å². The number of benzene rings is 2. The van der Waals surface area contributed by atoms with Crippen molar-refractivity contribution in [1.82, 2.24) is 0 Å². The minimum absolute atomic E-state index is 0.0427. The number of hydrogen-bond donors (Lipinski definition) is 1. The van der Waals surface area contributed by atoms with E-state index in [-0.39, 0.29) is 42.6 Å². The summed E-state index contributed by atoms with van der Waals surface area (Å²) in [6.45, 7) is 3.50. The molecule has 0 aliphatic rings. The van der Waals surface area contributed by atoms with Crippen molar-refractivity contribution in [3.63, 3.8) is 0 Å². The molecule has 0 fully saturated rings. The van der Waals surface area contributed by atoms with Crippen LogP contribution in [0.5, 0.6) is 5.75 Å². The topological polar surface area (TPSA) is 46.5 Å². The normalized spacial score (nSPS) is 10.8. The molecular weight excluding hydrogens is 388 g/mol. The zero-order valence-corrected chi connectivity index (χ0v) is 15.8. The number of halogens is 4. The van der Waals surface area contributed by atoms with E-state index >= 15 is 0 Å². The predicted octanol–water partition coefficient (Wildman–Crippen LogP) is 5.18. The maximum absolute atomic E-state index is 14.3. The van der Waals surface area contributed by atoms with Crippen molar-refractivity contribution in [2.45, 2.75) is 38.5 Å². The maximum Gasteiger partial charge on any atom is 0.330 e. The quantitative estimate of drug-likeness (QED) is 0.254. The van der Waals surface area contributed by atoms with Gasteiger partial charge in [-0.15, -0.1) is 0 Å². The van der Waals surface area contributed by atoms with Gasteiger partial charge in [0.05, 0.1) is 6.61 Å². The Morgan fingerprint density at radius 2 is 1.41 bits per heavy atom. The highest BCUT2D eigenvalue weighted by Gasteiger charge is 2.14. The van der Waals surface area contributed by atoms with Crippen molar-refractivity contribution in [3.8, 4) is 5.75 Å². The molecule has 29 heavy (non-hydrogen) atoms. The van der Waals surface area contributed by atoms with E-state index in [2.05, 4.69) is 6.58 Å². The van der Waals surface area contributed by atoms with E-state index in [1.165, 1.54) is 12.1 Å². The Bertz CT molecular complexity index is 834. The summed E-state index contributed by atoms with van der Waals surface area (Å²) < 4.78 is 60.9. The Kier molecular flexibility index (Phi) is 8.24. The van der Waals surface area contributed by atoms with Crippen molar-refractivity contribution < 1.29 is 32.2 Å².